The third-order valence-electron chi connectivity index (χ3n) is 5.01. The fourth-order valence-corrected chi connectivity index (χ4v) is 3.38. The second-order valence-electron chi connectivity index (χ2n) is 7.01. The van der Waals surface area contributed by atoms with Crippen molar-refractivity contribution in [2.75, 3.05) is 7.11 Å². The van der Waals surface area contributed by atoms with E-state index in [1.54, 1.807) is 7.11 Å². The lowest BCUT2D eigenvalue weighted by Crippen LogP contribution is -2.25. The lowest BCUT2D eigenvalue weighted by atomic mass is 10.2. The summed E-state index contributed by atoms with van der Waals surface area (Å²) >= 11 is 0. The van der Waals surface area contributed by atoms with Gasteiger partial charge in [0.1, 0.15) is 11.6 Å². The van der Waals surface area contributed by atoms with Crippen LogP contribution in [0.3, 0.4) is 0 Å². The van der Waals surface area contributed by atoms with Crippen LogP contribution in [0.5, 0.6) is 5.75 Å². The first-order valence-corrected chi connectivity index (χ1v) is 9.87. The van der Waals surface area contributed by atoms with Gasteiger partial charge in [-0.25, -0.2) is 0 Å². The molecule has 9 heteroatoms. The molecule has 0 fully saturated rings. The number of hydrogen-bond donors (Lipinski definition) is 1. The summed E-state index contributed by atoms with van der Waals surface area (Å²) in [5.41, 5.74) is 0.831. The standard InChI is InChI=1S/C20H24N6O3/c1-28-15-8-6-14(7-9-15)20-22-19(29-25-20)11-10-18(27)21-13-17-24-23-16-5-3-2-4-12-26(16)17/h6-9H,2-5,10-13H2,1H3,(H,21,27). The molecule has 3 aromatic rings. The number of nitrogens with one attached hydrogen (secondary N) is 1. The number of fused-ring (bicyclic) bond motifs is 1. The highest BCUT2D eigenvalue weighted by Gasteiger charge is 2.16. The molecule has 0 atom stereocenters. The zero-order valence-electron chi connectivity index (χ0n) is 16.4. The summed E-state index contributed by atoms with van der Waals surface area (Å²) in [5, 5.41) is 15.4. The minimum Gasteiger partial charge on any atom is -0.497 e. The summed E-state index contributed by atoms with van der Waals surface area (Å²) < 4.78 is 12.5. The molecule has 0 saturated heterocycles. The van der Waals surface area contributed by atoms with Gasteiger partial charge in [0.05, 0.1) is 13.7 Å². The van der Waals surface area contributed by atoms with E-state index in [9.17, 15) is 4.79 Å². The molecule has 1 amide bonds. The van der Waals surface area contributed by atoms with Crippen LogP contribution >= 0.6 is 0 Å². The first-order chi connectivity index (χ1) is 14.2. The largest absolute Gasteiger partial charge is 0.497 e. The van der Waals surface area contributed by atoms with Crippen molar-refractivity contribution in [3.8, 4) is 17.1 Å². The number of nitrogens with zero attached hydrogens (tertiary/aromatic N) is 5. The average Bonchev–Trinajstić information content (AvgIpc) is 3.31. The van der Waals surface area contributed by atoms with Gasteiger partial charge in [-0.3, -0.25) is 4.79 Å². The smallest absolute Gasteiger partial charge is 0.227 e. The maximum atomic E-state index is 12.2. The lowest BCUT2D eigenvalue weighted by Gasteiger charge is -2.07. The van der Waals surface area contributed by atoms with E-state index < -0.39 is 0 Å². The van der Waals surface area contributed by atoms with Crippen molar-refractivity contribution < 1.29 is 14.1 Å². The quantitative estimate of drug-likeness (QED) is 0.653. The first-order valence-electron chi connectivity index (χ1n) is 9.87. The van der Waals surface area contributed by atoms with Crippen molar-refractivity contribution in [2.45, 2.75) is 51.6 Å². The molecule has 29 heavy (non-hydrogen) atoms. The Hall–Kier alpha value is -3.23. The summed E-state index contributed by atoms with van der Waals surface area (Å²) in [6.45, 7) is 1.30. The van der Waals surface area contributed by atoms with Gasteiger partial charge in [-0.2, -0.15) is 4.98 Å². The third kappa shape index (κ3) is 4.61. The van der Waals surface area contributed by atoms with Gasteiger partial charge < -0.3 is 19.1 Å². The van der Waals surface area contributed by atoms with E-state index in [0.29, 0.717) is 24.7 Å². The number of carbonyl (C=O) groups excluding carboxylic acids is 1. The minimum absolute atomic E-state index is 0.0832. The Kier molecular flexibility index (Phi) is 5.83. The third-order valence-corrected chi connectivity index (χ3v) is 5.01. The van der Waals surface area contributed by atoms with Gasteiger partial charge >= 0.3 is 0 Å². The Morgan fingerprint density at radius 2 is 2.07 bits per heavy atom. The molecule has 4 rings (SSSR count). The number of amides is 1. The zero-order valence-corrected chi connectivity index (χ0v) is 16.4. The zero-order chi connectivity index (χ0) is 20.1. The summed E-state index contributed by atoms with van der Waals surface area (Å²) in [5.74, 6) is 3.44. The Bertz CT molecular complexity index is 963. The highest BCUT2D eigenvalue weighted by atomic mass is 16.5. The average molecular weight is 396 g/mol. The Balaban J connectivity index is 1.28. The van der Waals surface area contributed by atoms with Gasteiger partial charge in [-0.15, -0.1) is 10.2 Å². The van der Waals surface area contributed by atoms with Crippen LogP contribution in [0, 0.1) is 0 Å². The van der Waals surface area contributed by atoms with Gasteiger partial charge in [0, 0.05) is 31.4 Å². The molecular formula is C20H24N6O3. The van der Waals surface area contributed by atoms with E-state index in [1.807, 2.05) is 24.3 Å². The number of aromatic nitrogens is 5. The first kappa shape index (κ1) is 19.1. The molecule has 0 saturated carbocycles. The number of rotatable bonds is 7. The molecule has 0 aliphatic carbocycles. The molecule has 1 aliphatic rings. The van der Waals surface area contributed by atoms with Gasteiger partial charge in [-0.1, -0.05) is 11.6 Å². The highest BCUT2D eigenvalue weighted by Crippen LogP contribution is 2.20. The van der Waals surface area contributed by atoms with Crippen molar-refractivity contribution in [1.82, 2.24) is 30.2 Å². The fraction of sp³-hybridized carbons (Fsp3) is 0.450. The van der Waals surface area contributed by atoms with Gasteiger partial charge in [-0.05, 0) is 37.1 Å². The number of methoxy groups -OCH3 is 1. The van der Waals surface area contributed by atoms with E-state index in [1.165, 1.54) is 6.42 Å². The normalized spacial score (nSPS) is 13.6. The number of ether oxygens (including phenoxy) is 1. The maximum Gasteiger partial charge on any atom is 0.227 e. The summed E-state index contributed by atoms with van der Waals surface area (Å²) in [6.07, 6.45) is 5.08. The van der Waals surface area contributed by atoms with Crippen LogP contribution < -0.4 is 10.1 Å². The van der Waals surface area contributed by atoms with Gasteiger partial charge in [0.2, 0.25) is 17.6 Å². The molecule has 0 bridgehead atoms. The molecule has 9 nitrogen and oxygen atoms in total. The Labute approximate surface area is 168 Å². The van der Waals surface area contributed by atoms with Crippen LogP contribution in [0.2, 0.25) is 0 Å². The van der Waals surface area contributed by atoms with Crippen molar-refractivity contribution in [3.05, 3.63) is 41.8 Å². The van der Waals surface area contributed by atoms with Crippen LogP contribution in [0.1, 0.15) is 43.2 Å². The van der Waals surface area contributed by atoms with Gasteiger partial charge in [0.25, 0.3) is 0 Å². The SMILES string of the molecule is COc1ccc(-c2noc(CCC(=O)NCc3nnc4n3CCCCC4)n2)cc1. The molecule has 2 aromatic heterocycles. The second kappa shape index (κ2) is 8.85. The molecule has 1 aliphatic heterocycles. The van der Waals surface area contributed by atoms with Crippen molar-refractivity contribution in [3.63, 3.8) is 0 Å². The molecule has 1 aromatic carbocycles. The molecule has 3 heterocycles. The lowest BCUT2D eigenvalue weighted by molar-refractivity contribution is -0.121. The monoisotopic (exact) mass is 396 g/mol. The van der Waals surface area contributed by atoms with E-state index in [4.69, 9.17) is 9.26 Å². The van der Waals surface area contributed by atoms with Gasteiger partial charge in [0.15, 0.2) is 5.82 Å². The Morgan fingerprint density at radius 1 is 1.21 bits per heavy atom. The minimum atomic E-state index is -0.0832. The van der Waals surface area contributed by atoms with Crippen LogP contribution in [-0.2, 0) is 30.7 Å². The second-order valence-corrected chi connectivity index (χ2v) is 7.01. The van der Waals surface area contributed by atoms with Crippen LogP contribution in [0.15, 0.2) is 28.8 Å². The van der Waals surface area contributed by atoms with Crippen molar-refractivity contribution in [2.24, 2.45) is 0 Å². The Morgan fingerprint density at radius 3 is 2.90 bits per heavy atom. The van der Waals surface area contributed by atoms with E-state index >= 15 is 0 Å². The van der Waals surface area contributed by atoms with E-state index in [-0.39, 0.29) is 12.3 Å². The number of hydrogen-bond acceptors (Lipinski definition) is 7. The summed E-state index contributed by atoms with van der Waals surface area (Å²) in [6, 6.07) is 7.40. The fourth-order valence-electron chi connectivity index (χ4n) is 3.38. The number of benzene rings is 1. The molecule has 1 N–H and O–H groups in total. The molecule has 0 spiro atoms. The summed E-state index contributed by atoms with van der Waals surface area (Å²) in [4.78, 5) is 16.6. The molecule has 0 radical (unpaired) electrons. The maximum absolute atomic E-state index is 12.2. The number of carbonyl (C=O) groups is 1. The van der Waals surface area contributed by atoms with Crippen LogP contribution in [-0.4, -0.2) is 37.9 Å². The predicted molar refractivity (Wildman–Crippen MR) is 104 cm³/mol. The molecule has 152 valence electrons. The van der Waals surface area contributed by atoms with Crippen molar-refractivity contribution in [1.29, 1.82) is 0 Å². The topological polar surface area (TPSA) is 108 Å². The molecule has 0 unspecified atom stereocenters. The van der Waals surface area contributed by atoms with Crippen LogP contribution in [0.25, 0.3) is 11.4 Å². The van der Waals surface area contributed by atoms with E-state index in [2.05, 4.69) is 30.2 Å². The van der Waals surface area contributed by atoms with E-state index in [0.717, 1.165) is 48.8 Å². The van der Waals surface area contributed by atoms with Crippen LogP contribution in [0.4, 0.5) is 0 Å². The highest BCUT2D eigenvalue weighted by molar-refractivity contribution is 5.75. The molecular weight excluding hydrogens is 372 g/mol. The summed E-state index contributed by atoms with van der Waals surface area (Å²) in [7, 11) is 1.62. The van der Waals surface area contributed by atoms with Crippen molar-refractivity contribution >= 4 is 5.91 Å². The predicted octanol–water partition coefficient (Wildman–Crippen LogP) is 2.31. The number of aryl methyl sites for hydroxylation is 2.